The highest BCUT2D eigenvalue weighted by Crippen LogP contribution is 2.26. The molecule has 0 N–H and O–H groups in total. The van der Waals surface area contributed by atoms with Crippen LogP contribution in [-0.4, -0.2) is 31.8 Å². The van der Waals surface area contributed by atoms with Crippen molar-refractivity contribution < 1.29 is 27.4 Å². The maximum absolute atomic E-state index is 11.9. The Morgan fingerprint density at radius 2 is 2.05 bits per heavy atom. The SMILES string of the molecule is CCCOc1ccc(C(=O)COCC(F)(F)F)cc1Br. The Bertz CT molecular complexity index is 461. The van der Waals surface area contributed by atoms with E-state index in [1.807, 2.05) is 6.92 Å². The predicted molar refractivity (Wildman–Crippen MR) is 71.1 cm³/mol. The van der Waals surface area contributed by atoms with Gasteiger partial charge in [0.25, 0.3) is 0 Å². The maximum Gasteiger partial charge on any atom is 0.411 e. The van der Waals surface area contributed by atoms with Crippen molar-refractivity contribution in [2.24, 2.45) is 0 Å². The molecule has 1 aromatic carbocycles. The average molecular weight is 355 g/mol. The molecule has 1 aromatic rings. The molecule has 0 radical (unpaired) electrons. The van der Waals surface area contributed by atoms with Crippen LogP contribution in [0.5, 0.6) is 5.75 Å². The lowest BCUT2D eigenvalue weighted by Crippen LogP contribution is -2.20. The molecule has 3 nitrogen and oxygen atoms in total. The minimum absolute atomic E-state index is 0.267. The quantitative estimate of drug-likeness (QED) is 0.694. The topological polar surface area (TPSA) is 35.5 Å². The molecule has 1 rings (SSSR count). The molecule has 0 saturated carbocycles. The van der Waals surface area contributed by atoms with Gasteiger partial charge in [0.05, 0.1) is 11.1 Å². The van der Waals surface area contributed by atoms with Crippen molar-refractivity contribution in [2.45, 2.75) is 19.5 Å². The Morgan fingerprint density at radius 1 is 1.35 bits per heavy atom. The van der Waals surface area contributed by atoms with E-state index >= 15 is 0 Å². The highest BCUT2D eigenvalue weighted by Gasteiger charge is 2.27. The van der Waals surface area contributed by atoms with Gasteiger partial charge < -0.3 is 9.47 Å². The van der Waals surface area contributed by atoms with Gasteiger partial charge in [0.15, 0.2) is 5.78 Å². The summed E-state index contributed by atoms with van der Waals surface area (Å²) in [7, 11) is 0. The van der Waals surface area contributed by atoms with Crippen LogP contribution in [0.2, 0.25) is 0 Å². The number of hydrogen-bond acceptors (Lipinski definition) is 3. The first-order valence-corrected chi connectivity index (χ1v) is 6.73. The second-order valence-electron chi connectivity index (χ2n) is 4.02. The van der Waals surface area contributed by atoms with Gasteiger partial charge in [-0.2, -0.15) is 13.2 Å². The molecule has 0 saturated heterocycles. The number of halogens is 4. The Balaban J connectivity index is 2.58. The van der Waals surface area contributed by atoms with Gasteiger partial charge in [0, 0.05) is 5.56 Å². The van der Waals surface area contributed by atoms with Crippen LogP contribution in [0.1, 0.15) is 23.7 Å². The fourth-order valence-electron chi connectivity index (χ4n) is 1.35. The van der Waals surface area contributed by atoms with Crippen molar-refractivity contribution in [2.75, 3.05) is 19.8 Å². The zero-order chi connectivity index (χ0) is 15.2. The molecule has 112 valence electrons. The smallest absolute Gasteiger partial charge is 0.411 e. The molecule has 0 aliphatic rings. The molecule has 7 heteroatoms. The van der Waals surface area contributed by atoms with E-state index in [2.05, 4.69) is 20.7 Å². The van der Waals surface area contributed by atoms with Gasteiger partial charge >= 0.3 is 6.18 Å². The number of carbonyl (C=O) groups is 1. The normalized spacial score (nSPS) is 11.4. The number of hydrogen-bond donors (Lipinski definition) is 0. The van der Waals surface area contributed by atoms with Crippen molar-refractivity contribution in [1.29, 1.82) is 0 Å². The summed E-state index contributed by atoms with van der Waals surface area (Å²) in [5.74, 6) is 0.0663. The standard InChI is InChI=1S/C13H14BrF3O3/c1-2-5-20-12-4-3-9(6-10(12)14)11(18)7-19-8-13(15,16)17/h3-4,6H,2,5,7-8H2,1H3. The van der Waals surface area contributed by atoms with Crippen LogP contribution >= 0.6 is 15.9 Å². The lowest BCUT2D eigenvalue weighted by molar-refractivity contribution is -0.170. The van der Waals surface area contributed by atoms with E-state index in [9.17, 15) is 18.0 Å². The predicted octanol–water partition coefficient (Wildman–Crippen LogP) is 4.00. The van der Waals surface area contributed by atoms with Crippen LogP contribution in [-0.2, 0) is 4.74 Å². The summed E-state index contributed by atoms with van der Waals surface area (Å²) in [6, 6.07) is 4.59. The van der Waals surface area contributed by atoms with Crippen LogP contribution in [0.25, 0.3) is 0 Å². The highest BCUT2D eigenvalue weighted by atomic mass is 79.9. The number of ether oxygens (including phenoxy) is 2. The van der Waals surface area contributed by atoms with Crippen LogP contribution in [0.4, 0.5) is 13.2 Å². The lowest BCUT2D eigenvalue weighted by Gasteiger charge is -2.09. The van der Waals surface area contributed by atoms with Crippen molar-refractivity contribution in [3.05, 3.63) is 28.2 Å². The van der Waals surface area contributed by atoms with Crippen molar-refractivity contribution >= 4 is 21.7 Å². The molecule has 0 heterocycles. The van der Waals surface area contributed by atoms with Gasteiger partial charge in [-0.25, -0.2) is 0 Å². The Kier molecular flexibility index (Phi) is 6.48. The van der Waals surface area contributed by atoms with E-state index in [0.29, 0.717) is 16.8 Å². The van der Waals surface area contributed by atoms with E-state index in [1.54, 1.807) is 6.07 Å². The third-order valence-electron chi connectivity index (χ3n) is 2.21. The second-order valence-corrected chi connectivity index (χ2v) is 4.88. The molecule has 0 bridgehead atoms. The highest BCUT2D eigenvalue weighted by molar-refractivity contribution is 9.10. The summed E-state index contributed by atoms with van der Waals surface area (Å²) < 4.78 is 46.0. The van der Waals surface area contributed by atoms with E-state index in [-0.39, 0.29) is 5.56 Å². The number of benzene rings is 1. The van der Waals surface area contributed by atoms with Gasteiger partial charge in [-0.3, -0.25) is 4.79 Å². The number of Topliss-reactive ketones (excluding diaryl/α,β-unsaturated/α-hetero) is 1. The summed E-state index contributed by atoms with van der Waals surface area (Å²) in [5.41, 5.74) is 0.267. The summed E-state index contributed by atoms with van der Waals surface area (Å²) >= 11 is 3.25. The zero-order valence-corrected chi connectivity index (χ0v) is 12.4. The van der Waals surface area contributed by atoms with E-state index in [0.717, 1.165) is 6.42 Å². The number of rotatable bonds is 7. The van der Waals surface area contributed by atoms with E-state index in [4.69, 9.17) is 4.74 Å². The number of ketones is 1. The first kappa shape index (κ1) is 17.0. The molecule has 0 spiro atoms. The zero-order valence-electron chi connectivity index (χ0n) is 10.8. The molecule has 0 unspecified atom stereocenters. The molecular weight excluding hydrogens is 341 g/mol. The molecule has 0 aliphatic carbocycles. The molecule has 0 fully saturated rings. The monoisotopic (exact) mass is 354 g/mol. The van der Waals surface area contributed by atoms with Crippen LogP contribution < -0.4 is 4.74 Å². The maximum atomic E-state index is 11.9. The van der Waals surface area contributed by atoms with Gasteiger partial charge in [0.1, 0.15) is 19.0 Å². The molecule has 0 aromatic heterocycles. The van der Waals surface area contributed by atoms with Gasteiger partial charge in [-0.05, 0) is 40.5 Å². The minimum Gasteiger partial charge on any atom is -0.492 e. The van der Waals surface area contributed by atoms with E-state index in [1.165, 1.54) is 12.1 Å². The summed E-state index contributed by atoms with van der Waals surface area (Å²) in [4.78, 5) is 11.7. The first-order chi connectivity index (χ1) is 9.33. The third-order valence-corrected chi connectivity index (χ3v) is 2.83. The fraction of sp³-hybridized carbons (Fsp3) is 0.462. The Labute approximate surface area is 123 Å². The number of carbonyl (C=O) groups excluding carboxylic acids is 1. The summed E-state index contributed by atoms with van der Waals surface area (Å²) in [6.45, 7) is 0.461. The molecular formula is C13H14BrF3O3. The largest absolute Gasteiger partial charge is 0.492 e. The van der Waals surface area contributed by atoms with Crippen LogP contribution in [0, 0.1) is 0 Å². The van der Waals surface area contributed by atoms with Gasteiger partial charge in [-0.1, -0.05) is 6.92 Å². The third kappa shape index (κ3) is 5.92. The van der Waals surface area contributed by atoms with Crippen molar-refractivity contribution in [3.8, 4) is 5.75 Å². The van der Waals surface area contributed by atoms with E-state index < -0.39 is 25.2 Å². The first-order valence-electron chi connectivity index (χ1n) is 5.93. The van der Waals surface area contributed by atoms with Gasteiger partial charge in [0.2, 0.25) is 0 Å². The molecule has 0 atom stereocenters. The molecule has 0 amide bonds. The Hall–Kier alpha value is -1.08. The van der Waals surface area contributed by atoms with Crippen molar-refractivity contribution in [1.82, 2.24) is 0 Å². The molecule has 0 aliphatic heterocycles. The van der Waals surface area contributed by atoms with Crippen molar-refractivity contribution in [3.63, 3.8) is 0 Å². The van der Waals surface area contributed by atoms with Crippen LogP contribution in [0.3, 0.4) is 0 Å². The average Bonchev–Trinajstić information content (AvgIpc) is 2.35. The Morgan fingerprint density at radius 3 is 2.60 bits per heavy atom. The fourth-order valence-corrected chi connectivity index (χ4v) is 1.84. The van der Waals surface area contributed by atoms with Gasteiger partial charge in [-0.15, -0.1) is 0 Å². The van der Waals surface area contributed by atoms with Crippen LogP contribution in [0.15, 0.2) is 22.7 Å². The number of alkyl halides is 3. The second kappa shape index (κ2) is 7.64. The summed E-state index contributed by atoms with van der Waals surface area (Å²) in [6.07, 6.45) is -3.59. The molecule has 20 heavy (non-hydrogen) atoms. The summed E-state index contributed by atoms with van der Waals surface area (Å²) in [5, 5.41) is 0. The lowest BCUT2D eigenvalue weighted by atomic mass is 10.1. The minimum atomic E-state index is -4.43.